The Kier molecular flexibility index (Phi) is 4.86. The molecule has 1 aliphatic heterocycles. The van der Waals surface area contributed by atoms with Gasteiger partial charge in [0.05, 0.1) is 23.3 Å². The van der Waals surface area contributed by atoms with Gasteiger partial charge in [-0.15, -0.1) is 0 Å². The molecule has 4 rings (SSSR count). The van der Waals surface area contributed by atoms with Crippen molar-refractivity contribution < 1.29 is 18.0 Å². The third-order valence-corrected chi connectivity index (χ3v) is 5.19. The average Bonchev–Trinajstić information content (AvgIpc) is 3.31. The molecule has 0 spiro atoms. The van der Waals surface area contributed by atoms with E-state index >= 15 is 0 Å². The molecule has 0 N–H and O–H groups in total. The van der Waals surface area contributed by atoms with Crippen molar-refractivity contribution in [3.63, 3.8) is 0 Å². The van der Waals surface area contributed by atoms with Crippen LogP contribution in [0.1, 0.15) is 28.8 Å². The van der Waals surface area contributed by atoms with Crippen LogP contribution in [0.4, 0.5) is 19.0 Å². The number of nitrogens with zero attached hydrogens (tertiary/aromatic N) is 8. The largest absolute Gasteiger partial charge is 0.433 e. The van der Waals surface area contributed by atoms with Gasteiger partial charge >= 0.3 is 6.18 Å². The normalized spacial score (nSPS) is 15.3. The molecular weight excluding hydrogens is 401 g/mol. The van der Waals surface area contributed by atoms with Gasteiger partial charge in [0.25, 0.3) is 5.91 Å². The average molecular weight is 422 g/mol. The zero-order valence-corrected chi connectivity index (χ0v) is 16.8. The molecule has 1 amide bonds. The number of aryl methyl sites for hydroxylation is 3. The third kappa shape index (κ3) is 3.35. The predicted octanol–water partition coefficient (Wildman–Crippen LogP) is 1.87. The Bertz CT molecular complexity index is 1090. The number of anilines is 1. The van der Waals surface area contributed by atoms with Crippen LogP contribution in [0.15, 0.2) is 12.4 Å². The zero-order chi connectivity index (χ0) is 21.6. The van der Waals surface area contributed by atoms with Crippen LogP contribution in [-0.2, 0) is 19.8 Å². The highest BCUT2D eigenvalue weighted by Crippen LogP contribution is 2.33. The molecule has 9 nitrogen and oxygen atoms in total. The number of carbonyl (C=O) groups excluding carboxylic acids is 1. The van der Waals surface area contributed by atoms with E-state index < -0.39 is 23.3 Å². The van der Waals surface area contributed by atoms with E-state index in [1.165, 1.54) is 4.90 Å². The first-order valence-electron chi connectivity index (χ1n) is 9.54. The first-order chi connectivity index (χ1) is 14.2. The third-order valence-electron chi connectivity index (χ3n) is 5.19. The van der Waals surface area contributed by atoms with Crippen molar-refractivity contribution in [2.45, 2.75) is 26.6 Å². The number of halogens is 3. The molecule has 0 unspecified atom stereocenters. The lowest BCUT2D eigenvalue weighted by atomic mass is 10.2. The molecule has 0 saturated carbocycles. The highest BCUT2D eigenvalue weighted by Gasteiger charge is 2.41. The van der Waals surface area contributed by atoms with Gasteiger partial charge in [0.1, 0.15) is 11.6 Å². The van der Waals surface area contributed by atoms with Gasteiger partial charge in [0.15, 0.2) is 11.3 Å². The Balaban J connectivity index is 1.55. The number of aromatic nitrogens is 6. The first kappa shape index (κ1) is 20.1. The maximum Gasteiger partial charge on any atom is 0.433 e. The number of fused-ring (bicyclic) bond motifs is 1. The summed E-state index contributed by atoms with van der Waals surface area (Å²) in [5.41, 5.74) is -0.705. The SMILES string of the molecule is CCn1ncc(C(=O)N2CCN(c3nc(C)nc4c3cnn4C)CC2)c1C(F)(F)F. The van der Waals surface area contributed by atoms with Crippen molar-refractivity contribution in [2.24, 2.45) is 7.05 Å². The number of carbonyl (C=O) groups is 1. The van der Waals surface area contributed by atoms with Gasteiger partial charge in [-0.25, -0.2) is 9.97 Å². The molecule has 12 heteroatoms. The molecule has 0 aromatic carbocycles. The minimum absolute atomic E-state index is 0.0318. The number of hydrogen-bond acceptors (Lipinski definition) is 6. The van der Waals surface area contributed by atoms with E-state index in [0.29, 0.717) is 30.4 Å². The summed E-state index contributed by atoms with van der Waals surface area (Å²) in [7, 11) is 1.80. The van der Waals surface area contributed by atoms with Crippen molar-refractivity contribution in [2.75, 3.05) is 31.1 Å². The Morgan fingerprint density at radius 2 is 1.80 bits per heavy atom. The molecule has 160 valence electrons. The van der Waals surface area contributed by atoms with Crippen molar-refractivity contribution in [1.82, 2.24) is 34.4 Å². The molecule has 3 aromatic rings. The lowest BCUT2D eigenvalue weighted by Crippen LogP contribution is -2.49. The number of rotatable bonds is 3. The van der Waals surface area contributed by atoms with E-state index in [4.69, 9.17) is 0 Å². The molecule has 0 atom stereocenters. The fourth-order valence-electron chi connectivity index (χ4n) is 3.73. The monoisotopic (exact) mass is 422 g/mol. The maximum atomic E-state index is 13.5. The number of hydrogen-bond donors (Lipinski definition) is 0. The predicted molar refractivity (Wildman–Crippen MR) is 102 cm³/mol. The van der Waals surface area contributed by atoms with Crippen LogP contribution in [0.25, 0.3) is 11.0 Å². The number of piperazine rings is 1. The Morgan fingerprint density at radius 3 is 2.43 bits per heavy atom. The van der Waals surface area contributed by atoms with Gasteiger partial charge in [-0.1, -0.05) is 0 Å². The Morgan fingerprint density at radius 1 is 1.10 bits per heavy atom. The smallest absolute Gasteiger partial charge is 0.352 e. The topological polar surface area (TPSA) is 85.0 Å². The van der Waals surface area contributed by atoms with E-state index in [-0.39, 0.29) is 19.6 Å². The summed E-state index contributed by atoms with van der Waals surface area (Å²) in [5.74, 6) is 0.654. The van der Waals surface area contributed by atoms with Gasteiger partial charge < -0.3 is 9.80 Å². The fourth-order valence-corrected chi connectivity index (χ4v) is 3.73. The summed E-state index contributed by atoms with van der Waals surface area (Å²) in [4.78, 5) is 25.2. The van der Waals surface area contributed by atoms with Gasteiger partial charge in [-0.2, -0.15) is 23.4 Å². The van der Waals surface area contributed by atoms with Crippen LogP contribution < -0.4 is 4.90 Å². The van der Waals surface area contributed by atoms with Gasteiger partial charge in [0.2, 0.25) is 0 Å². The minimum atomic E-state index is -4.65. The molecule has 1 fully saturated rings. The molecule has 30 heavy (non-hydrogen) atoms. The van der Waals surface area contributed by atoms with Crippen LogP contribution in [0.2, 0.25) is 0 Å². The standard InChI is InChI=1S/C18H21F3N8O/c1-4-29-14(18(19,20)21)12(9-23-29)17(30)28-7-5-27(6-8-28)16-13-10-22-26(3)15(13)24-11(2)25-16/h9-10H,4-8H2,1-3H3. The summed E-state index contributed by atoms with van der Waals surface area (Å²) in [5, 5.41) is 8.76. The van der Waals surface area contributed by atoms with Crippen LogP contribution in [0, 0.1) is 6.92 Å². The van der Waals surface area contributed by atoms with Gasteiger partial charge in [-0.05, 0) is 13.8 Å². The molecule has 3 aromatic heterocycles. The van der Waals surface area contributed by atoms with Crippen LogP contribution in [-0.4, -0.2) is 66.5 Å². The zero-order valence-electron chi connectivity index (χ0n) is 16.8. The number of amides is 1. The lowest BCUT2D eigenvalue weighted by molar-refractivity contribution is -0.144. The van der Waals surface area contributed by atoms with E-state index in [9.17, 15) is 18.0 Å². The van der Waals surface area contributed by atoms with Crippen molar-refractivity contribution in [3.05, 3.63) is 29.5 Å². The molecule has 0 radical (unpaired) electrons. The highest BCUT2D eigenvalue weighted by atomic mass is 19.4. The summed E-state index contributed by atoms with van der Waals surface area (Å²) in [6.45, 7) is 4.81. The van der Waals surface area contributed by atoms with Crippen LogP contribution in [0.3, 0.4) is 0 Å². The molecule has 1 aliphatic rings. The first-order valence-corrected chi connectivity index (χ1v) is 9.54. The van der Waals surface area contributed by atoms with E-state index in [0.717, 1.165) is 16.3 Å². The summed E-state index contributed by atoms with van der Waals surface area (Å²) < 4.78 is 42.9. The second kappa shape index (κ2) is 7.26. The molecule has 1 saturated heterocycles. The van der Waals surface area contributed by atoms with Crippen molar-refractivity contribution in [1.29, 1.82) is 0 Å². The Hall–Kier alpha value is -3.18. The summed E-state index contributed by atoms with van der Waals surface area (Å²) >= 11 is 0. The lowest BCUT2D eigenvalue weighted by Gasteiger charge is -2.35. The van der Waals surface area contributed by atoms with Gasteiger partial charge in [0, 0.05) is 39.8 Å². The van der Waals surface area contributed by atoms with E-state index in [2.05, 4.69) is 20.2 Å². The van der Waals surface area contributed by atoms with E-state index in [1.54, 1.807) is 31.8 Å². The van der Waals surface area contributed by atoms with Crippen LogP contribution >= 0.6 is 0 Å². The Labute approximate surface area is 170 Å². The van der Waals surface area contributed by atoms with Gasteiger partial charge in [-0.3, -0.25) is 14.2 Å². The maximum absolute atomic E-state index is 13.5. The summed E-state index contributed by atoms with van der Waals surface area (Å²) in [6.07, 6.45) is -1.95. The number of alkyl halides is 3. The fraction of sp³-hybridized carbons (Fsp3) is 0.500. The second-order valence-electron chi connectivity index (χ2n) is 7.10. The highest BCUT2D eigenvalue weighted by molar-refractivity contribution is 5.95. The van der Waals surface area contributed by atoms with E-state index in [1.807, 2.05) is 4.90 Å². The van der Waals surface area contributed by atoms with Crippen LogP contribution in [0.5, 0.6) is 0 Å². The molecule has 0 bridgehead atoms. The summed E-state index contributed by atoms with van der Waals surface area (Å²) in [6, 6.07) is 0. The molecular formula is C18H21F3N8O. The molecule has 4 heterocycles. The van der Waals surface area contributed by atoms with Crippen molar-refractivity contribution in [3.8, 4) is 0 Å². The molecule has 0 aliphatic carbocycles. The quantitative estimate of drug-likeness (QED) is 0.641. The second-order valence-corrected chi connectivity index (χ2v) is 7.10. The van der Waals surface area contributed by atoms with Crippen molar-refractivity contribution >= 4 is 22.8 Å². The minimum Gasteiger partial charge on any atom is -0.352 e.